The van der Waals surface area contributed by atoms with E-state index in [1.54, 1.807) is 50.6 Å². The van der Waals surface area contributed by atoms with Gasteiger partial charge in [-0.15, -0.1) is 0 Å². The van der Waals surface area contributed by atoms with Gasteiger partial charge in [-0.05, 0) is 60.0 Å². The zero-order valence-corrected chi connectivity index (χ0v) is 22.5. The van der Waals surface area contributed by atoms with Gasteiger partial charge in [-0.1, -0.05) is 24.3 Å². The Morgan fingerprint density at radius 2 is 1.45 bits per heavy atom. The lowest BCUT2D eigenvalue weighted by atomic mass is 9.99. The zero-order chi connectivity index (χ0) is 27.2. The molecule has 0 unspecified atom stereocenters. The third-order valence-electron chi connectivity index (χ3n) is 6.74. The van der Waals surface area contributed by atoms with E-state index in [0.717, 1.165) is 13.1 Å². The van der Waals surface area contributed by atoms with Gasteiger partial charge in [0.05, 0.1) is 28.4 Å². The van der Waals surface area contributed by atoms with Crippen LogP contribution in [0.25, 0.3) is 11.6 Å². The molecular weight excluding hydrogens is 484 g/mol. The molecule has 1 fully saturated rings. The van der Waals surface area contributed by atoms with Crippen molar-refractivity contribution in [3.63, 3.8) is 0 Å². The lowest BCUT2D eigenvalue weighted by Gasteiger charge is -2.37. The van der Waals surface area contributed by atoms with Gasteiger partial charge in [0, 0.05) is 37.4 Å². The van der Waals surface area contributed by atoms with Crippen LogP contribution in [0.15, 0.2) is 54.6 Å². The molecule has 3 aromatic rings. The Hall–Kier alpha value is -4.33. The van der Waals surface area contributed by atoms with E-state index in [2.05, 4.69) is 24.0 Å². The smallest absolute Gasteiger partial charge is 0.254 e. The minimum atomic E-state index is -0.126. The number of phenolic OH excluding ortho intramolecular Hbond substituents is 1. The Kier molecular flexibility index (Phi) is 8.31. The van der Waals surface area contributed by atoms with E-state index < -0.39 is 0 Å². The number of aromatic hydroxyl groups is 1. The number of benzene rings is 3. The van der Waals surface area contributed by atoms with Gasteiger partial charge in [-0.25, -0.2) is 0 Å². The molecule has 3 aromatic carbocycles. The molecule has 0 radical (unpaired) electrons. The molecule has 1 saturated heterocycles. The minimum absolute atomic E-state index is 0.00946. The maximum atomic E-state index is 14.0. The molecule has 0 spiro atoms. The number of phenols is 1. The first kappa shape index (κ1) is 26.7. The highest BCUT2D eigenvalue weighted by Gasteiger charge is 2.27. The Labute approximate surface area is 223 Å². The molecule has 0 atom stereocenters. The summed E-state index contributed by atoms with van der Waals surface area (Å²) >= 11 is 0. The number of carbonyl (C=O) groups is 1. The molecule has 1 aliphatic heterocycles. The van der Waals surface area contributed by atoms with Crippen LogP contribution in [0.4, 0.5) is 5.69 Å². The normalized spacial score (nSPS) is 13.8. The van der Waals surface area contributed by atoms with Crippen LogP contribution in [0.5, 0.6) is 28.7 Å². The van der Waals surface area contributed by atoms with E-state index in [-0.39, 0.29) is 11.7 Å². The van der Waals surface area contributed by atoms with Crippen molar-refractivity contribution in [1.82, 2.24) is 4.90 Å². The second-order valence-electron chi connectivity index (χ2n) is 8.97. The summed E-state index contributed by atoms with van der Waals surface area (Å²) in [5.41, 5.74) is 4.11. The van der Waals surface area contributed by atoms with Gasteiger partial charge in [0.2, 0.25) is 5.75 Å². The summed E-state index contributed by atoms with van der Waals surface area (Å²) in [4.78, 5) is 18.2. The fraction of sp³-hybridized carbons (Fsp3) is 0.300. The Bertz CT molecular complexity index is 1300. The maximum absolute atomic E-state index is 14.0. The van der Waals surface area contributed by atoms with Gasteiger partial charge in [-0.2, -0.15) is 0 Å². The van der Waals surface area contributed by atoms with E-state index in [4.69, 9.17) is 18.9 Å². The highest BCUT2D eigenvalue weighted by atomic mass is 16.5. The van der Waals surface area contributed by atoms with Gasteiger partial charge >= 0.3 is 0 Å². The third kappa shape index (κ3) is 5.49. The summed E-state index contributed by atoms with van der Waals surface area (Å²) in [6, 6.07) is 16.8. The van der Waals surface area contributed by atoms with Crippen molar-refractivity contribution in [1.29, 1.82) is 0 Å². The van der Waals surface area contributed by atoms with E-state index >= 15 is 0 Å². The Morgan fingerprint density at radius 1 is 0.816 bits per heavy atom. The van der Waals surface area contributed by atoms with Gasteiger partial charge in [0.25, 0.3) is 5.91 Å². The number of methoxy groups -OCH3 is 4. The molecule has 8 heteroatoms. The number of para-hydroxylation sites is 1. The van der Waals surface area contributed by atoms with Crippen LogP contribution >= 0.6 is 0 Å². The molecule has 0 aromatic heterocycles. The summed E-state index contributed by atoms with van der Waals surface area (Å²) in [6.45, 7) is 4.69. The predicted octanol–water partition coefficient (Wildman–Crippen LogP) is 4.62. The number of amides is 1. The molecular formula is C30H34N2O6. The van der Waals surface area contributed by atoms with Crippen LogP contribution in [0, 0.1) is 6.92 Å². The third-order valence-corrected chi connectivity index (χ3v) is 6.74. The molecule has 1 aliphatic rings. The first-order valence-corrected chi connectivity index (χ1v) is 12.4. The van der Waals surface area contributed by atoms with Crippen molar-refractivity contribution in [3.05, 3.63) is 71.3 Å². The van der Waals surface area contributed by atoms with Gasteiger partial charge in [-0.3, -0.25) is 4.79 Å². The molecule has 4 rings (SSSR count). The second kappa shape index (κ2) is 11.8. The van der Waals surface area contributed by atoms with Crippen LogP contribution in [-0.4, -0.2) is 70.5 Å². The number of aryl methyl sites for hydroxylation is 1. The predicted molar refractivity (Wildman–Crippen MR) is 149 cm³/mol. The largest absolute Gasteiger partial charge is 0.504 e. The Morgan fingerprint density at radius 3 is 2.00 bits per heavy atom. The molecule has 38 heavy (non-hydrogen) atoms. The number of nitrogens with zero attached hydrogens (tertiary/aromatic N) is 2. The van der Waals surface area contributed by atoms with Gasteiger partial charge in [0.15, 0.2) is 23.0 Å². The first-order chi connectivity index (χ1) is 18.4. The fourth-order valence-corrected chi connectivity index (χ4v) is 4.71. The zero-order valence-electron chi connectivity index (χ0n) is 22.5. The average molecular weight is 519 g/mol. The monoisotopic (exact) mass is 518 g/mol. The number of piperazine rings is 1. The number of rotatable bonds is 8. The summed E-state index contributed by atoms with van der Waals surface area (Å²) in [5, 5.41) is 10.3. The molecule has 1 N–H and O–H groups in total. The van der Waals surface area contributed by atoms with Crippen LogP contribution in [-0.2, 0) is 4.79 Å². The quantitative estimate of drug-likeness (QED) is 0.344. The highest BCUT2D eigenvalue weighted by molar-refractivity contribution is 6.24. The standard InChI is InChI=1S/C30H34N2O6/c1-20-8-6-7-9-24(20)31-12-14-32(15-13-31)30(34)23(16-21-10-11-26(35-2)25(33)17-21)22-18-27(36-3)29(38-5)28(19-22)37-4/h6-11,16-19,33H,12-15H2,1-5H3/b23-16+. The Balaban J connectivity index is 1.71. The van der Waals surface area contributed by atoms with E-state index in [0.29, 0.717) is 52.8 Å². The lowest BCUT2D eigenvalue weighted by molar-refractivity contribution is -0.125. The van der Waals surface area contributed by atoms with Crippen molar-refractivity contribution in [2.75, 3.05) is 59.5 Å². The summed E-state index contributed by atoms with van der Waals surface area (Å²) in [6.07, 6.45) is 1.76. The van der Waals surface area contributed by atoms with Crippen LogP contribution < -0.4 is 23.8 Å². The molecule has 0 saturated carbocycles. The summed E-state index contributed by atoms with van der Waals surface area (Å²) in [5.74, 6) is 1.56. The number of hydrogen-bond donors (Lipinski definition) is 1. The van der Waals surface area contributed by atoms with Crippen molar-refractivity contribution < 1.29 is 28.8 Å². The van der Waals surface area contributed by atoms with Crippen molar-refractivity contribution in [2.45, 2.75) is 6.92 Å². The summed E-state index contributed by atoms with van der Waals surface area (Å²) in [7, 11) is 6.11. The van der Waals surface area contributed by atoms with Gasteiger partial charge in [0.1, 0.15) is 0 Å². The van der Waals surface area contributed by atoms with Crippen LogP contribution in [0.1, 0.15) is 16.7 Å². The minimum Gasteiger partial charge on any atom is -0.504 e. The molecule has 8 nitrogen and oxygen atoms in total. The molecule has 1 amide bonds. The lowest BCUT2D eigenvalue weighted by Crippen LogP contribution is -2.49. The topological polar surface area (TPSA) is 80.7 Å². The number of ether oxygens (including phenoxy) is 4. The van der Waals surface area contributed by atoms with Gasteiger partial charge < -0.3 is 33.9 Å². The van der Waals surface area contributed by atoms with Crippen molar-refractivity contribution in [2.24, 2.45) is 0 Å². The maximum Gasteiger partial charge on any atom is 0.254 e. The number of hydrogen-bond acceptors (Lipinski definition) is 7. The molecule has 1 heterocycles. The van der Waals surface area contributed by atoms with E-state index in [1.807, 2.05) is 17.0 Å². The van der Waals surface area contributed by atoms with Crippen molar-refractivity contribution >= 4 is 23.2 Å². The summed E-state index contributed by atoms with van der Waals surface area (Å²) < 4.78 is 21.7. The molecule has 200 valence electrons. The molecule has 0 aliphatic carbocycles. The second-order valence-corrected chi connectivity index (χ2v) is 8.97. The van der Waals surface area contributed by atoms with Crippen molar-refractivity contribution in [3.8, 4) is 28.7 Å². The first-order valence-electron chi connectivity index (χ1n) is 12.4. The average Bonchev–Trinajstić information content (AvgIpc) is 2.95. The highest BCUT2D eigenvalue weighted by Crippen LogP contribution is 2.41. The van der Waals surface area contributed by atoms with E-state index in [1.165, 1.54) is 25.5 Å². The van der Waals surface area contributed by atoms with E-state index in [9.17, 15) is 9.90 Å². The fourth-order valence-electron chi connectivity index (χ4n) is 4.71. The SMILES string of the molecule is COc1ccc(/C=C(/C(=O)N2CCN(c3ccccc3C)CC2)c2cc(OC)c(OC)c(OC)c2)cc1O. The number of anilines is 1. The molecule has 0 bridgehead atoms. The van der Waals surface area contributed by atoms with Crippen LogP contribution in [0.3, 0.4) is 0 Å². The number of carbonyl (C=O) groups excluding carboxylic acids is 1. The van der Waals surface area contributed by atoms with Crippen LogP contribution in [0.2, 0.25) is 0 Å².